The lowest BCUT2D eigenvalue weighted by Gasteiger charge is -2.13. The van der Waals surface area contributed by atoms with Gasteiger partial charge < -0.3 is 14.8 Å². The average Bonchev–Trinajstić information content (AvgIpc) is 3.36. The average molecular weight is 603 g/mol. The molecule has 6 heteroatoms. The number of fused-ring (bicyclic) bond motifs is 2. The van der Waals surface area contributed by atoms with Crippen LogP contribution in [-0.4, -0.2) is 19.2 Å². The molecule has 0 radical (unpaired) electrons. The second kappa shape index (κ2) is 13.5. The van der Waals surface area contributed by atoms with Crippen LogP contribution in [0.5, 0.6) is 11.5 Å². The van der Waals surface area contributed by atoms with Gasteiger partial charge in [-0.15, -0.1) is 11.3 Å². The number of methoxy groups -OCH3 is 1. The first-order valence-electron chi connectivity index (χ1n) is 15.3. The van der Waals surface area contributed by atoms with Gasteiger partial charge in [0.2, 0.25) is 0 Å². The van der Waals surface area contributed by atoms with Crippen LogP contribution < -0.4 is 14.8 Å². The third-order valence-corrected chi connectivity index (χ3v) is 9.63. The monoisotopic (exact) mass is 602 g/mol. The van der Waals surface area contributed by atoms with Gasteiger partial charge in [-0.2, -0.15) is 0 Å². The lowest BCUT2D eigenvalue weighted by molar-refractivity contribution is 0.102. The van der Waals surface area contributed by atoms with Crippen molar-refractivity contribution >= 4 is 44.9 Å². The summed E-state index contributed by atoms with van der Waals surface area (Å²) in [5.74, 6) is 1.22. The van der Waals surface area contributed by atoms with Crippen LogP contribution in [0, 0.1) is 13.8 Å². The Morgan fingerprint density at radius 2 is 1.70 bits per heavy atom. The van der Waals surface area contributed by atoms with Crippen molar-refractivity contribution in [2.24, 2.45) is 4.99 Å². The van der Waals surface area contributed by atoms with E-state index < -0.39 is 0 Å². The van der Waals surface area contributed by atoms with E-state index in [0.29, 0.717) is 23.7 Å². The molecule has 44 heavy (non-hydrogen) atoms. The molecule has 0 spiro atoms. The van der Waals surface area contributed by atoms with Crippen molar-refractivity contribution in [1.29, 1.82) is 0 Å². The van der Waals surface area contributed by atoms with Gasteiger partial charge in [-0.25, -0.2) is 4.99 Å². The van der Waals surface area contributed by atoms with Gasteiger partial charge in [0.25, 0.3) is 5.91 Å². The molecule has 0 fully saturated rings. The molecule has 0 aliphatic heterocycles. The molecule has 4 aromatic carbocycles. The highest BCUT2D eigenvalue weighted by atomic mass is 32.1. The number of anilines is 1. The number of hydrogen-bond acceptors (Lipinski definition) is 5. The zero-order chi connectivity index (χ0) is 30.5. The zero-order valence-electron chi connectivity index (χ0n) is 25.6. The van der Waals surface area contributed by atoms with Crippen molar-refractivity contribution in [2.75, 3.05) is 12.4 Å². The number of aryl methyl sites for hydroxylation is 3. The number of nitrogens with one attached hydrogen (secondary N) is 1. The fourth-order valence-corrected chi connectivity index (χ4v) is 7.06. The summed E-state index contributed by atoms with van der Waals surface area (Å²) in [7, 11) is 1.65. The molecule has 5 aromatic rings. The molecule has 6 rings (SSSR count). The Morgan fingerprint density at radius 1 is 0.886 bits per heavy atom. The van der Waals surface area contributed by atoms with Gasteiger partial charge in [-0.3, -0.25) is 4.79 Å². The number of thiophene rings is 1. The van der Waals surface area contributed by atoms with Crippen LogP contribution in [0.25, 0.3) is 10.8 Å². The lowest BCUT2D eigenvalue weighted by Crippen LogP contribution is -2.14. The SMILES string of the molecule is COc1cc(C=Nc2sc3c(c2C(=O)Nc2ccc(C)c(C)c2)CCCCCC3)ccc1OCc1cccc2ccccc12. The number of nitrogens with zero attached hydrogens (tertiary/aromatic N) is 1. The van der Waals surface area contributed by atoms with Gasteiger partial charge in [0.15, 0.2) is 11.5 Å². The first kappa shape index (κ1) is 29.6. The van der Waals surface area contributed by atoms with Gasteiger partial charge in [-0.05, 0) is 108 Å². The second-order valence-corrected chi connectivity index (χ2v) is 12.5. The normalized spacial score (nSPS) is 13.3. The number of benzene rings is 4. The van der Waals surface area contributed by atoms with Crippen LogP contribution in [-0.2, 0) is 19.4 Å². The molecular formula is C38H38N2O3S. The number of aliphatic imine (C=N–C) groups is 1. The van der Waals surface area contributed by atoms with E-state index in [2.05, 4.69) is 49.5 Å². The molecule has 0 saturated heterocycles. The van der Waals surface area contributed by atoms with Crippen molar-refractivity contribution in [2.45, 2.75) is 59.0 Å². The molecule has 5 nitrogen and oxygen atoms in total. The predicted molar refractivity (Wildman–Crippen MR) is 183 cm³/mol. The van der Waals surface area contributed by atoms with E-state index in [-0.39, 0.29) is 5.91 Å². The van der Waals surface area contributed by atoms with Crippen molar-refractivity contribution in [1.82, 2.24) is 0 Å². The lowest BCUT2D eigenvalue weighted by atomic mass is 9.96. The number of hydrogen-bond donors (Lipinski definition) is 1. The molecule has 0 unspecified atom stereocenters. The number of carbonyl (C=O) groups excluding carboxylic acids is 1. The van der Waals surface area contributed by atoms with Gasteiger partial charge in [-0.1, -0.05) is 61.4 Å². The van der Waals surface area contributed by atoms with Gasteiger partial charge >= 0.3 is 0 Å². The molecule has 0 atom stereocenters. The molecule has 1 aliphatic carbocycles. The zero-order valence-corrected chi connectivity index (χ0v) is 26.4. The summed E-state index contributed by atoms with van der Waals surface area (Å²) in [4.78, 5) is 20.0. The Labute approximate surface area is 263 Å². The van der Waals surface area contributed by atoms with Crippen LogP contribution in [0.3, 0.4) is 0 Å². The summed E-state index contributed by atoms with van der Waals surface area (Å²) < 4.78 is 11.9. The fourth-order valence-electron chi connectivity index (χ4n) is 5.83. The molecule has 1 amide bonds. The third-order valence-electron chi connectivity index (χ3n) is 8.43. The highest BCUT2D eigenvalue weighted by molar-refractivity contribution is 7.16. The predicted octanol–water partition coefficient (Wildman–Crippen LogP) is 9.77. The van der Waals surface area contributed by atoms with E-state index in [1.807, 2.05) is 54.7 Å². The van der Waals surface area contributed by atoms with E-state index >= 15 is 0 Å². The van der Waals surface area contributed by atoms with Crippen LogP contribution in [0.1, 0.15) is 68.7 Å². The van der Waals surface area contributed by atoms with Crippen LogP contribution in [0.2, 0.25) is 0 Å². The smallest absolute Gasteiger partial charge is 0.259 e. The maximum atomic E-state index is 13.8. The van der Waals surface area contributed by atoms with Gasteiger partial charge in [0.1, 0.15) is 11.6 Å². The van der Waals surface area contributed by atoms with Gasteiger partial charge in [0, 0.05) is 16.8 Å². The van der Waals surface area contributed by atoms with Crippen molar-refractivity contribution in [3.63, 3.8) is 0 Å². The van der Waals surface area contributed by atoms with Crippen LogP contribution >= 0.6 is 11.3 Å². The van der Waals surface area contributed by atoms with Crippen molar-refractivity contribution in [3.05, 3.63) is 117 Å². The number of amides is 1. The minimum absolute atomic E-state index is 0.0896. The molecule has 1 aliphatic rings. The van der Waals surface area contributed by atoms with E-state index in [1.54, 1.807) is 18.4 Å². The Bertz CT molecular complexity index is 1830. The van der Waals surface area contributed by atoms with Crippen LogP contribution in [0.4, 0.5) is 10.7 Å². The van der Waals surface area contributed by atoms with Crippen LogP contribution in [0.15, 0.2) is 83.9 Å². The molecular weight excluding hydrogens is 564 g/mol. The number of rotatable bonds is 8. The van der Waals surface area contributed by atoms with Gasteiger partial charge in [0.05, 0.1) is 12.7 Å². The van der Waals surface area contributed by atoms with Crippen molar-refractivity contribution < 1.29 is 14.3 Å². The molecule has 0 saturated carbocycles. The maximum absolute atomic E-state index is 13.8. The third kappa shape index (κ3) is 6.56. The van der Waals surface area contributed by atoms with E-state index in [4.69, 9.17) is 14.5 Å². The summed E-state index contributed by atoms with van der Waals surface area (Å²) in [6, 6.07) is 26.5. The summed E-state index contributed by atoms with van der Waals surface area (Å²) in [6.45, 7) is 4.58. The molecule has 0 bridgehead atoms. The van der Waals surface area contributed by atoms with E-state index in [1.165, 1.54) is 34.1 Å². The second-order valence-electron chi connectivity index (χ2n) is 11.4. The highest BCUT2D eigenvalue weighted by Crippen LogP contribution is 2.40. The Morgan fingerprint density at radius 3 is 2.55 bits per heavy atom. The van der Waals surface area contributed by atoms with Crippen molar-refractivity contribution in [3.8, 4) is 11.5 Å². The summed E-state index contributed by atoms with van der Waals surface area (Å²) in [6.07, 6.45) is 8.39. The minimum Gasteiger partial charge on any atom is -0.493 e. The largest absolute Gasteiger partial charge is 0.493 e. The minimum atomic E-state index is -0.0896. The Hall–Kier alpha value is -4.42. The topological polar surface area (TPSA) is 59.9 Å². The molecule has 224 valence electrons. The summed E-state index contributed by atoms with van der Waals surface area (Å²) in [5.41, 5.74) is 7.04. The highest BCUT2D eigenvalue weighted by Gasteiger charge is 2.24. The number of carbonyl (C=O) groups is 1. The molecule has 1 aromatic heterocycles. The van der Waals surface area contributed by atoms with E-state index in [0.717, 1.165) is 58.6 Å². The van der Waals surface area contributed by atoms with E-state index in [9.17, 15) is 4.79 Å². The first-order valence-corrected chi connectivity index (χ1v) is 16.2. The molecule has 1 N–H and O–H groups in total. The quantitative estimate of drug-likeness (QED) is 0.180. The standard InChI is InChI=1S/C38H38N2O3S/c1-25-17-19-30(21-26(25)2)40-37(41)36-32-15-6-4-5-7-16-35(32)44-38(36)39-23-27-18-20-33(34(22-27)42-3)43-24-29-13-10-12-28-11-8-9-14-31(28)29/h8-14,17-23H,4-7,15-16,24H2,1-3H3,(H,40,41). The summed E-state index contributed by atoms with van der Waals surface area (Å²) >= 11 is 1.65. The Kier molecular flexibility index (Phi) is 9.08. The Balaban J connectivity index is 1.26. The molecule has 1 heterocycles. The maximum Gasteiger partial charge on any atom is 0.259 e. The first-order chi connectivity index (χ1) is 21.5. The number of ether oxygens (including phenoxy) is 2. The summed E-state index contributed by atoms with van der Waals surface area (Å²) in [5, 5.41) is 6.29. The fraction of sp³-hybridized carbons (Fsp3) is 0.263.